The SMILES string of the molecule is CCOC(=O)C(C)Oc1ccc(CNCC(C)C)cc1F. The smallest absolute Gasteiger partial charge is 0.347 e. The molecular formula is C16H24FNO3. The van der Waals surface area contributed by atoms with Gasteiger partial charge in [-0.3, -0.25) is 0 Å². The van der Waals surface area contributed by atoms with Crippen LogP contribution >= 0.6 is 0 Å². The van der Waals surface area contributed by atoms with E-state index in [1.54, 1.807) is 13.0 Å². The molecule has 0 bridgehead atoms. The maximum Gasteiger partial charge on any atom is 0.347 e. The molecule has 21 heavy (non-hydrogen) atoms. The summed E-state index contributed by atoms with van der Waals surface area (Å²) in [4.78, 5) is 11.5. The normalized spacial score (nSPS) is 12.3. The average Bonchev–Trinajstić information content (AvgIpc) is 2.41. The third-order valence-corrected chi connectivity index (χ3v) is 2.80. The molecule has 1 atom stereocenters. The minimum atomic E-state index is -0.829. The molecule has 0 amide bonds. The second-order valence-electron chi connectivity index (χ2n) is 5.30. The number of hydrogen-bond donors (Lipinski definition) is 1. The molecule has 1 aromatic rings. The van der Waals surface area contributed by atoms with E-state index >= 15 is 0 Å². The summed E-state index contributed by atoms with van der Waals surface area (Å²) in [7, 11) is 0. The van der Waals surface area contributed by atoms with Crippen molar-refractivity contribution in [3.63, 3.8) is 0 Å². The Balaban J connectivity index is 2.59. The molecule has 0 radical (unpaired) electrons. The van der Waals surface area contributed by atoms with Gasteiger partial charge in [0.15, 0.2) is 17.7 Å². The van der Waals surface area contributed by atoms with Crippen molar-refractivity contribution in [3.8, 4) is 5.75 Å². The van der Waals surface area contributed by atoms with Gasteiger partial charge in [0.2, 0.25) is 0 Å². The maximum absolute atomic E-state index is 13.9. The lowest BCUT2D eigenvalue weighted by atomic mass is 10.2. The van der Waals surface area contributed by atoms with E-state index in [2.05, 4.69) is 19.2 Å². The highest BCUT2D eigenvalue weighted by molar-refractivity contribution is 5.74. The molecule has 0 aromatic heterocycles. The second kappa shape index (κ2) is 8.62. The number of halogens is 1. The van der Waals surface area contributed by atoms with Gasteiger partial charge in [-0.25, -0.2) is 9.18 Å². The van der Waals surface area contributed by atoms with Crippen molar-refractivity contribution in [1.82, 2.24) is 5.32 Å². The first kappa shape index (κ1) is 17.4. The minimum absolute atomic E-state index is 0.0585. The summed E-state index contributed by atoms with van der Waals surface area (Å²) >= 11 is 0. The molecular weight excluding hydrogens is 273 g/mol. The maximum atomic E-state index is 13.9. The summed E-state index contributed by atoms with van der Waals surface area (Å²) in [6, 6.07) is 4.74. The van der Waals surface area contributed by atoms with Crippen LogP contribution in [0.15, 0.2) is 18.2 Å². The molecule has 118 valence electrons. The van der Waals surface area contributed by atoms with Crippen molar-refractivity contribution in [1.29, 1.82) is 0 Å². The Kier molecular flexibility index (Phi) is 7.15. The summed E-state index contributed by atoms with van der Waals surface area (Å²) in [5.74, 6) is -0.374. The van der Waals surface area contributed by atoms with Crippen molar-refractivity contribution < 1.29 is 18.7 Å². The zero-order chi connectivity index (χ0) is 15.8. The molecule has 0 aliphatic heterocycles. The van der Waals surface area contributed by atoms with Crippen LogP contribution in [0.5, 0.6) is 5.75 Å². The Hall–Kier alpha value is -1.62. The Morgan fingerprint density at radius 2 is 2.05 bits per heavy atom. The van der Waals surface area contributed by atoms with Crippen molar-refractivity contribution >= 4 is 5.97 Å². The predicted molar refractivity (Wildman–Crippen MR) is 79.7 cm³/mol. The third-order valence-electron chi connectivity index (χ3n) is 2.80. The highest BCUT2D eigenvalue weighted by Gasteiger charge is 2.17. The van der Waals surface area contributed by atoms with Gasteiger partial charge < -0.3 is 14.8 Å². The molecule has 0 fully saturated rings. The molecule has 0 heterocycles. The number of rotatable bonds is 8. The van der Waals surface area contributed by atoms with Crippen LogP contribution in [0.2, 0.25) is 0 Å². The van der Waals surface area contributed by atoms with E-state index in [0.717, 1.165) is 12.1 Å². The first-order valence-electron chi connectivity index (χ1n) is 7.26. The lowest BCUT2D eigenvalue weighted by Gasteiger charge is -2.14. The van der Waals surface area contributed by atoms with Crippen LogP contribution in [0.3, 0.4) is 0 Å². The monoisotopic (exact) mass is 297 g/mol. The van der Waals surface area contributed by atoms with Gasteiger partial charge in [-0.2, -0.15) is 0 Å². The lowest BCUT2D eigenvalue weighted by Crippen LogP contribution is -2.26. The average molecular weight is 297 g/mol. The molecule has 0 aliphatic rings. The summed E-state index contributed by atoms with van der Waals surface area (Å²) in [6.45, 7) is 9.22. The van der Waals surface area contributed by atoms with E-state index in [0.29, 0.717) is 12.5 Å². The molecule has 1 N–H and O–H groups in total. The van der Waals surface area contributed by atoms with Crippen molar-refractivity contribution in [2.24, 2.45) is 5.92 Å². The molecule has 0 saturated carbocycles. The van der Waals surface area contributed by atoms with Crippen molar-refractivity contribution in [2.75, 3.05) is 13.2 Å². The number of ether oxygens (including phenoxy) is 2. The van der Waals surface area contributed by atoms with Crippen LogP contribution in [-0.2, 0) is 16.1 Å². The minimum Gasteiger partial charge on any atom is -0.476 e. The zero-order valence-corrected chi connectivity index (χ0v) is 13.1. The molecule has 1 aromatic carbocycles. The van der Waals surface area contributed by atoms with Crippen LogP contribution < -0.4 is 10.1 Å². The number of benzene rings is 1. The summed E-state index contributed by atoms with van der Waals surface area (Å²) < 4.78 is 24.0. The highest BCUT2D eigenvalue weighted by Crippen LogP contribution is 2.20. The number of hydrogen-bond acceptors (Lipinski definition) is 4. The Labute approximate surface area is 125 Å². The topological polar surface area (TPSA) is 47.6 Å². The summed E-state index contributed by atoms with van der Waals surface area (Å²) in [6.07, 6.45) is -0.829. The second-order valence-corrected chi connectivity index (χ2v) is 5.30. The number of carbonyl (C=O) groups is 1. The highest BCUT2D eigenvalue weighted by atomic mass is 19.1. The van der Waals surface area contributed by atoms with E-state index < -0.39 is 17.9 Å². The van der Waals surface area contributed by atoms with Crippen LogP contribution in [0.4, 0.5) is 4.39 Å². The van der Waals surface area contributed by atoms with Crippen molar-refractivity contribution in [2.45, 2.75) is 40.3 Å². The predicted octanol–water partition coefficient (Wildman–Crippen LogP) is 2.90. The fourth-order valence-corrected chi connectivity index (χ4v) is 1.75. The Bertz CT molecular complexity index is 463. The first-order chi connectivity index (χ1) is 9.93. The van der Waals surface area contributed by atoms with E-state index in [4.69, 9.17) is 9.47 Å². The van der Waals surface area contributed by atoms with Gasteiger partial charge in [0.05, 0.1) is 6.61 Å². The van der Waals surface area contributed by atoms with E-state index in [9.17, 15) is 9.18 Å². The van der Waals surface area contributed by atoms with Gasteiger partial charge in [0.25, 0.3) is 0 Å². The van der Waals surface area contributed by atoms with Gasteiger partial charge in [-0.1, -0.05) is 19.9 Å². The molecule has 0 spiro atoms. The summed E-state index contributed by atoms with van der Waals surface area (Å²) in [5.41, 5.74) is 0.837. The van der Waals surface area contributed by atoms with Crippen LogP contribution in [0.25, 0.3) is 0 Å². The fourth-order valence-electron chi connectivity index (χ4n) is 1.75. The Morgan fingerprint density at radius 1 is 1.33 bits per heavy atom. The number of esters is 1. The third kappa shape index (κ3) is 6.12. The largest absolute Gasteiger partial charge is 0.476 e. The molecule has 4 nitrogen and oxygen atoms in total. The molecule has 0 saturated heterocycles. The Morgan fingerprint density at radius 3 is 2.62 bits per heavy atom. The van der Waals surface area contributed by atoms with Gasteiger partial charge in [-0.05, 0) is 44.0 Å². The standard InChI is InChI=1S/C16H24FNO3/c1-5-20-16(19)12(4)21-15-7-6-13(8-14(15)17)10-18-9-11(2)3/h6-8,11-12,18H,5,9-10H2,1-4H3. The van der Waals surface area contributed by atoms with Crippen LogP contribution in [0, 0.1) is 11.7 Å². The van der Waals surface area contributed by atoms with E-state index in [1.807, 2.05) is 0 Å². The molecule has 5 heteroatoms. The molecule has 0 aliphatic carbocycles. The first-order valence-corrected chi connectivity index (χ1v) is 7.26. The molecule has 1 unspecified atom stereocenters. The van der Waals surface area contributed by atoms with Gasteiger partial charge in [0, 0.05) is 6.54 Å². The van der Waals surface area contributed by atoms with Crippen molar-refractivity contribution in [3.05, 3.63) is 29.6 Å². The van der Waals surface area contributed by atoms with Gasteiger partial charge in [0.1, 0.15) is 0 Å². The van der Waals surface area contributed by atoms with Crippen LogP contribution in [0.1, 0.15) is 33.3 Å². The van der Waals surface area contributed by atoms with E-state index in [1.165, 1.54) is 19.1 Å². The quantitative estimate of drug-likeness (QED) is 0.750. The van der Waals surface area contributed by atoms with Crippen LogP contribution in [-0.4, -0.2) is 25.2 Å². The molecule has 1 rings (SSSR count). The lowest BCUT2D eigenvalue weighted by molar-refractivity contribution is -0.150. The summed E-state index contributed by atoms with van der Waals surface area (Å²) in [5, 5.41) is 3.24. The van der Waals surface area contributed by atoms with E-state index in [-0.39, 0.29) is 12.4 Å². The van der Waals surface area contributed by atoms with Gasteiger partial charge >= 0.3 is 5.97 Å². The fraction of sp³-hybridized carbons (Fsp3) is 0.562. The number of carbonyl (C=O) groups excluding carboxylic acids is 1. The zero-order valence-electron chi connectivity index (χ0n) is 13.1. The number of nitrogens with one attached hydrogen (secondary N) is 1. The van der Waals surface area contributed by atoms with Gasteiger partial charge in [-0.15, -0.1) is 0 Å².